The smallest absolute Gasteiger partial charge is 0.298 e. The molecule has 0 unspecified atom stereocenters. The molecule has 6 heteroatoms. The number of anilines is 1. The third-order valence-electron chi connectivity index (χ3n) is 4.50. The van der Waals surface area contributed by atoms with Crippen molar-refractivity contribution < 1.29 is 17.7 Å². The lowest BCUT2D eigenvalue weighted by Gasteiger charge is -2.10. The van der Waals surface area contributed by atoms with Gasteiger partial charge in [0.2, 0.25) is 0 Å². The number of hydrogen-bond acceptors (Lipinski definition) is 4. The van der Waals surface area contributed by atoms with E-state index in [2.05, 4.69) is 6.92 Å². The van der Waals surface area contributed by atoms with E-state index >= 15 is 0 Å². The quantitative estimate of drug-likeness (QED) is 0.233. The molecule has 1 rings (SSSR count). The minimum absolute atomic E-state index is 0.157. The molecule has 0 amide bonds. The van der Waals surface area contributed by atoms with Crippen LogP contribution in [0, 0.1) is 0 Å². The fraction of sp³-hybridized carbons (Fsp3) is 0.700. The molecule has 26 heavy (non-hydrogen) atoms. The van der Waals surface area contributed by atoms with Crippen molar-refractivity contribution in [2.24, 2.45) is 0 Å². The Morgan fingerprint density at radius 1 is 0.885 bits per heavy atom. The number of hydrogen-bond donors (Lipinski definition) is 2. The maximum atomic E-state index is 11.4. The van der Waals surface area contributed by atoms with Crippen LogP contribution in [-0.4, -0.2) is 19.6 Å². The molecule has 0 spiro atoms. The topological polar surface area (TPSA) is 89.6 Å². The number of benzene rings is 1. The molecular weight excluding hydrogens is 350 g/mol. The number of ether oxygens (including phenoxy) is 1. The summed E-state index contributed by atoms with van der Waals surface area (Å²) in [7, 11) is -4.33. The summed E-state index contributed by atoms with van der Waals surface area (Å²) >= 11 is 0. The van der Waals surface area contributed by atoms with Crippen molar-refractivity contribution >= 4 is 15.8 Å². The zero-order chi connectivity index (χ0) is 19.3. The van der Waals surface area contributed by atoms with Crippen LogP contribution in [-0.2, 0) is 10.1 Å². The number of rotatable bonds is 15. The van der Waals surface area contributed by atoms with Gasteiger partial charge < -0.3 is 10.5 Å². The van der Waals surface area contributed by atoms with E-state index in [1.807, 2.05) is 0 Å². The standard InChI is InChI=1S/C20H35NO4S/c1-2-3-4-5-6-7-8-9-10-11-12-13-16-25-19-15-14-18(21)17-20(19)26(22,23)24/h14-15,17H,2-13,16,21H2,1H3,(H,22,23,24). The lowest BCUT2D eigenvalue weighted by atomic mass is 10.1. The summed E-state index contributed by atoms with van der Waals surface area (Å²) in [5, 5.41) is 0. The van der Waals surface area contributed by atoms with E-state index in [1.54, 1.807) is 6.07 Å². The molecule has 0 fully saturated rings. The molecule has 0 aliphatic carbocycles. The monoisotopic (exact) mass is 385 g/mol. The summed E-state index contributed by atoms with van der Waals surface area (Å²) in [6.45, 7) is 2.68. The average molecular weight is 386 g/mol. The van der Waals surface area contributed by atoms with E-state index in [0.717, 1.165) is 12.8 Å². The van der Waals surface area contributed by atoms with Gasteiger partial charge in [-0.1, -0.05) is 77.6 Å². The Hall–Kier alpha value is -1.27. The molecule has 150 valence electrons. The van der Waals surface area contributed by atoms with Gasteiger partial charge in [-0.2, -0.15) is 8.42 Å². The van der Waals surface area contributed by atoms with Crippen molar-refractivity contribution in [1.82, 2.24) is 0 Å². The molecule has 5 nitrogen and oxygen atoms in total. The lowest BCUT2D eigenvalue weighted by Crippen LogP contribution is -2.05. The van der Waals surface area contributed by atoms with Gasteiger partial charge in [-0.05, 0) is 24.6 Å². The minimum Gasteiger partial charge on any atom is -0.492 e. The molecule has 0 atom stereocenters. The second-order valence-corrected chi connectivity index (χ2v) is 8.31. The molecule has 0 aliphatic heterocycles. The summed E-state index contributed by atoms with van der Waals surface area (Å²) < 4.78 is 37.5. The molecule has 0 saturated carbocycles. The predicted molar refractivity (Wildman–Crippen MR) is 107 cm³/mol. The van der Waals surface area contributed by atoms with Gasteiger partial charge in [-0.15, -0.1) is 0 Å². The molecule has 0 radical (unpaired) electrons. The Kier molecular flexibility index (Phi) is 11.4. The van der Waals surface area contributed by atoms with E-state index in [9.17, 15) is 13.0 Å². The van der Waals surface area contributed by atoms with Crippen LogP contribution < -0.4 is 10.5 Å². The first-order chi connectivity index (χ1) is 12.4. The molecule has 1 aromatic carbocycles. The highest BCUT2D eigenvalue weighted by molar-refractivity contribution is 7.86. The molecular formula is C20H35NO4S. The van der Waals surface area contributed by atoms with E-state index < -0.39 is 10.1 Å². The van der Waals surface area contributed by atoms with Gasteiger partial charge in [0.1, 0.15) is 10.6 Å². The SMILES string of the molecule is CCCCCCCCCCCCCCOc1ccc(N)cc1S(=O)(=O)O. The van der Waals surface area contributed by atoms with E-state index in [1.165, 1.54) is 76.3 Å². The first-order valence-corrected chi connectivity index (χ1v) is 11.4. The molecule has 0 saturated heterocycles. The Morgan fingerprint density at radius 2 is 1.38 bits per heavy atom. The average Bonchev–Trinajstić information content (AvgIpc) is 2.59. The van der Waals surface area contributed by atoms with E-state index in [4.69, 9.17) is 10.5 Å². The van der Waals surface area contributed by atoms with Crippen LogP contribution in [0.3, 0.4) is 0 Å². The highest BCUT2D eigenvalue weighted by Gasteiger charge is 2.17. The predicted octanol–water partition coefficient (Wildman–Crippen LogP) is 5.60. The van der Waals surface area contributed by atoms with Crippen LogP contribution in [0.5, 0.6) is 5.75 Å². The van der Waals surface area contributed by atoms with Gasteiger partial charge in [0.15, 0.2) is 0 Å². The molecule has 1 aromatic rings. The highest BCUT2D eigenvalue weighted by atomic mass is 32.2. The summed E-state index contributed by atoms with van der Waals surface area (Å²) in [6, 6.07) is 4.26. The van der Waals surface area contributed by atoms with Crippen LogP contribution in [0.15, 0.2) is 23.1 Å². The fourth-order valence-electron chi connectivity index (χ4n) is 2.97. The summed E-state index contributed by atoms with van der Waals surface area (Å²) in [5.41, 5.74) is 5.84. The number of nitrogens with two attached hydrogens (primary N) is 1. The van der Waals surface area contributed by atoms with Crippen molar-refractivity contribution in [3.05, 3.63) is 18.2 Å². The number of unbranched alkanes of at least 4 members (excludes halogenated alkanes) is 11. The minimum atomic E-state index is -4.33. The molecule has 0 aromatic heterocycles. The van der Waals surface area contributed by atoms with Gasteiger partial charge in [-0.3, -0.25) is 4.55 Å². The fourth-order valence-corrected chi connectivity index (χ4v) is 3.64. The van der Waals surface area contributed by atoms with E-state index in [0.29, 0.717) is 6.61 Å². The van der Waals surface area contributed by atoms with Crippen LogP contribution in [0.1, 0.15) is 84.0 Å². The first-order valence-electron chi connectivity index (χ1n) is 9.95. The largest absolute Gasteiger partial charge is 0.492 e. The van der Waals surface area contributed by atoms with Crippen molar-refractivity contribution in [2.45, 2.75) is 88.9 Å². The van der Waals surface area contributed by atoms with Crippen molar-refractivity contribution in [1.29, 1.82) is 0 Å². The summed E-state index contributed by atoms with van der Waals surface area (Å²) in [4.78, 5) is -0.267. The normalized spacial score (nSPS) is 11.6. The molecule has 0 bridgehead atoms. The van der Waals surface area contributed by atoms with Crippen molar-refractivity contribution in [2.75, 3.05) is 12.3 Å². The summed E-state index contributed by atoms with van der Waals surface area (Å²) in [6.07, 6.45) is 15.1. The van der Waals surface area contributed by atoms with Crippen LogP contribution in [0.4, 0.5) is 5.69 Å². The molecule has 0 heterocycles. The Bertz CT molecular complexity index is 602. The zero-order valence-electron chi connectivity index (χ0n) is 16.1. The van der Waals surface area contributed by atoms with Crippen LogP contribution >= 0.6 is 0 Å². The second-order valence-electron chi connectivity index (χ2n) is 6.92. The second kappa shape index (κ2) is 13.0. The van der Waals surface area contributed by atoms with Crippen molar-refractivity contribution in [3.63, 3.8) is 0 Å². The first kappa shape index (κ1) is 22.8. The third kappa shape index (κ3) is 10.0. The maximum Gasteiger partial charge on any atom is 0.298 e. The third-order valence-corrected chi connectivity index (χ3v) is 5.38. The lowest BCUT2D eigenvalue weighted by molar-refractivity contribution is 0.295. The van der Waals surface area contributed by atoms with Crippen LogP contribution in [0.25, 0.3) is 0 Å². The summed E-state index contributed by atoms with van der Waals surface area (Å²) in [5.74, 6) is 0.157. The number of nitrogen functional groups attached to an aromatic ring is 1. The van der Waals surface area contributed by atoms with Gasteiger partial charge >= 0.3 is 0 Å². The van der Waals surface area contributed by atoms with Crippen molar-refractivity contribution in [3.8, 4) is 5.75 Å². The van der Waals surface area contributed by atoms with Crippen LogP contribution in [0.2, 0.25) is 0 Å². The highest BCUT2D eigenvalue weighted by Crippen LogP contribution is 2.26. The van der Waals surface area contributed by atoms with Gasteiger partial charge in [0.05, 0.1) is 6.61 Å². The zero-order valence-corrected chi connectivity index (χ0v) is 16.9. The Balaban J connectivity index is 2.08. The molecule has 3 N–H and O–H groups in total. The van der Waals surface area contributed by atoms with Gasteiger partial charge in [0.25, 0.3) is 10.1 Å². The molecule has 0 aliphatic rings. The van der Waals surface area contributed by atoms with E-state index in [-0.39, 0.29) is 16.3 Å². The van der Waals surface area contributed by atoms with Gasteiger partial charge in [0, 0.05) is 5.69 Å². The maximum absolute atomic E-state index is 11.4. The van der Waals surface area contributed by atoms with Gasteiger partial charge in [-0.25, -0.2) is 0 Å². The Labute approximate surface area is 159 Å². The Morgan fingerprint density at radius 3 is 1.88 bits per heavy atom.